The number of hydrogen-bond acceptors (Lipinski definition) is 4. The Bertz CT molecular complexity index is 1300. The van der Waals surface area contributed by atoms with Crippen LogP contribution in [-0.2, 0) is 14.9 Å². The molecule has 37 heavy (non-hydrogen) atoms. The van der Waals surface area contributed by atoms with Gasteiger partial charge in [-0.1, -0.05) is 48.9 Å². The lowest BCUT2D eigenvalue weighted by molar-refractivity contribution is -0.139. The highest BCUT2D eigenvalue weighted by molar-refractivity contribution is 6.30. The molecule has 0 unspecified atom stereocenters. The van der Waals surface area contributed by atoms with Gasteiger partial charge >= 0.3 is 5.97 Å². The van der Waals surface area contributed by atoms with Crippen LogP contribution in [0.4, 0.5) is 0 Å². The summed E-state index contributed by atoms with van der Waals surface area (Å²) in [5, 5.41) is 9.92. The van der Waals surface area contributed by atoms with Crippen molar-refractivity contribution in [3.8, 4) is 17.2 Å². The topological polar surface area (TPSA) is 65.0 Å². The summed E-state index contributed by atoms with van der Waals surface area (Å²) in [6, 6.07) is 19.3. The lowest BCUT2D eigenvalue weighted by Gasteiger charge is -2.44. The van der Waals surface area contributed by atoms with E-state index in [0.717, 1.165) is 34.4 Å². The van der Waals surface area contributed by atoms with Crippen molar-refractivity contribution in [1.82, 2.24) is 0 Å². The van der Waals surface area contributed by atoms with E-state index in [2.05, 4.69) is 20.4 Å². The Morgan fingerprint density at radius 2 is 1.76 bits per heavy atom. The monoisotopic (exact) mass is 520 g/mol. The van der Waals surface area contributed by atoms with Gasteiger partial charge in [-0.3, -0.25) is 0 Å². The Labute approximate surface area is 223 Å². The molecule has 3 atom stereocenters. The molecule has 3 aromatic rings. The fourth-order valence-corrected chi connectivity index (χ4v) is 4.96. The van der Waals surface area contributed by atoms with Gasteiger partial charge in [0.25, 0.3) is 0 Å². The van der Waals surface area contributed by atoms with Crippen molar-refractivity contribution in [1.29, 1.82) is 0 Å². The maximum atomic E-state index is 11.3. The normalized spacial score (nSPS) is 21.3. The van der Waals surface area contributed by atoms with Crippen LogP contribution < -0.4 is 9.47 Å². The Balaban J connectivity index is 1.69. The van der Waals surface area contributed by atoms with Crippen molar-refractivity contribution in [2.24, 2.45) is 5.92 Å². The Hall–Kier alpha value is -3.28. The van der Waals surface area contributed by atoms with E-state index in [1.807, 2.05) is 62.4 Å². The summed E-state index contributed by atoms with van der Waals surface area (Å²) in [5.41, 5.74) is 4.96. The number of ether oxygens (including phenoxy) is 3. The van der Waals surface area contributed by atoms with E-state index in [0.29, 0.717) is 23.1 Å². The highest BCUT2D eigenvalue weighted by Gasteiger charge is 2.42. The van der Waals surface area contributed by atoms with Gasteiger partial charge in [0.1, 0.15) is 17.2 Å². The molecular weight excluding hydrogens is 488 g/mol. The molecule has 194 valence electrons. The average molecular weight is 521 g/mol. The zero-order chi connectivity index (χ0) is 26.7. The fraction of sp³-hybridized carbons (Fsp3) is 0.323. The molecule has 1 aliphatic heterocycles. The van der Waals surface area contributed by atoms with Crippen LogP contribution >= 0.6 is 11.6 Å². The van der Waals surface area contributed by atoms with Crippen LogP contribution in [0, 0.1) is 19.8 Å². The highest BCUT2D eigenvalue weighted by atomic mass is 35.5. The molecule has 5 nitrogen and oxygen atoms in total. The van der Waals surface area contributed by atoms with Gasteiger partial charge in [-0.25, -0.2) is 4.79 Å². The van der Waals surface area contributed by atoms with Gasteiger partial charge in [-0.2, -0.15) is 0 Å². The van der Waals surface area contributed by atoms with Crippen LogP contribution in [0.5, 0.6) is 17.2 Å². The van der Waals surface area contributed by atoms with Gasteiger partial charge in [0, 0.05) is 21.9 Å². The summed E-state index contributed by atoms with van der Waals surface area (Å²) < 4.78 is 18.4. The van der Waals surface area contributed by atoms with Crippen molar-refractivity contribution in [3.05, 3.63) is 100 Å². The summed E-state index contributed by atoms with van der Waals surface area (Å²) >= 11 is 6.12. The summed E-state index contributed by atoms with van der Waals surface area (Å²) in [4.78, 5) is 11.3. The molecule has 1 N–H and O–H groups in total. The first kappa shape index (κ1) is 26.8. The SMILES string of the molecule is C=C(C)[C@@H]1C[C@](C)(c2ccc(Cl)cc2)CO[C@H]1c1cc(Oc2ccc(C)c(C)c2)ccc1OCC(=O)O. The van der Waals surface area contributed by atoms with Crippen molar-refractivity contribution in [2.45, 2.75) is 45.6 Å². The summed E-state index contributed by atoms with van der Waals surface area (Å²) in [7, 11) is 0. The fourth-order valence-electron chi connectivity index (χ4n) is 4.83. The molecule has 4 rings (SSSR count). The van der Waals surface area contributed by atoms with Crippen molar-refractivity contribution in [2.75, 3.05) is 13.2 Å². The molecule has 0 spiro atoms. The van der Waals surface area contributed by atoms with Crippen LogP contribution in [0.15, 0.2) is 72.8 Å². The largest absolute Gasteiger partial charge is 0.482 e. The third kappa shape index (κ3) is 6.17. The van der Waals surface area contributed by atoms with E-state index in [4.69, 9.17) is 25.8 Å². The minimum Gasteiger partial charge on any atom is -0.482 e. The molecular formula is C31H33ClO5. The van der Waals surface area contributed by atoms with Crippen LogP contribution in [-0.4, -0.2) is 24.3 Å². The number of benzene rings is 3. The first-order chi connectivity index (χ1) is 17.6. The summed E-state index contributed by atoms with van der Waals surface area (Å²) in [5.74, 6) is 0.734. The molecule has 0 bridgehead atoms. The highest BCUT2D eigenvalue weighted by Crippen LogP contribution is 2.49. The number of rotatable bonds is 8. The molecule has 6 heteroatoms. The van der Waals surface area contributed by atoms with Gasteiger partial charge in [-0.05, 0) is 86.3 Å². The summed E-state index contributed by atoms with van der Waals surface area (Å²) in [6.07, 6.45) is 0.430. The second-order valence-corrected chi connectivity index (χ2v) is 10.6. The van der Waals surface area contributed by atoms with E-state index < -0.39 is 12.6 Å². The average Bonchev–Trinajstić information content (AvgIpc) is 2.85. The van der Waals surface area contributed by atoms with Crippen molar-refractivity contribution >= 4 is 17.6 Å². The van der Waals surface area contributed by atoms with Crippen LogP contribution in [0.2, 0.25) is 5.02 Å². The van der Waals surface area contributed by atoms with Crippen LogP contribution in [0.1, 0.15) is 48.6 Å². The smallest absolute Gasteiger partial charge is 0.341 e. The Kier molecular flexibility index (Phi) is 7.96. The minimum absolute atomic E-state index is 0.0292. The first-order valence-electron chi connectivity index (χ1n) is 12.3. The third-order valence-electron chi connectivity index (χ3n) is 7.14. The number of halogens is 1. The molecule has 1 aliphatic rings. The molecule has 0 aromatic heterocycles. The maximum Gasteiger partial charge on any atom is 0.341 e. The van der Waals surface area contributed by atoms with Gasteiger partial charge in [0.05, 0.1) is 12.7 Å². The van der Waals surface area contributed by atoms with E-state index in [9.17, 15) is 9.90 Å². The summed E-state index contributed by atoms with van der Waals surface area (Å²) in [6.45, 7) is 12.6. The standard InChI is InChI=1S/C31H33ClO5/c1-19(2)27-16-31(5,22-7-9-23(32)10-8-22)18-36-30(27)26-15-25(12-13-28(26)35-17-29(33)34)37-24-11-6-20(3)21(4)14-24/h6-15,27,30H,1,16-18H2,2-5H3,(H,33,34)/t27-,30-,31-/m0/s1. The minimum atomic E-state index is -1.04. The van der Waals surface area contributed by atoms with Crippen molar-refractivity contribution in [3.63, 3.8) is 0 Å². The molecule has 0 amide bonds. The molecule has 0 radical (unpaired) electrons. The molecule has 1 saturated heterocycles. The van der Waals surface area contributed by atoms with Gasteiger partial charge in [0.15, 0.2) is 6.61 Å². The predicted molar refractivity (Wildman–Crippen MR) is 146 cm³/mol. The number of aliphatic carboxylic acids is 1. The molecule has 0 aliphatic carbocycles. The third-order valence-corrected chi connectivity index (χ3v) is 7.40. The number of aryl methyl sites for hydroxylation is 2. The van der Waals surface area contributed by atoms with Crippen molar-refractivity contribution < 1.29 is 24.1 Å². The van der Waals surface area contributed by atoms with E-state index in [1.165, 1.54) is 5.56 Å². The van der Waals surface area contributed by atoms with Gasteiger partial charge in [-0.15, -0.1) is 0 Å². The molecule has 0 saturated carbocycles. The van der Waals surface area contributed by atoms with Crippen LogP contribution in [0.3, 0.4) is 0 Å². The quantitative estimate of drug-likeness (QED) is 0.307. The lowest BCUT2D eigenvalue weighted by atomic mass is 9.70. The van der Waals surface area contributed by atoms with E-state index >= 15 is 0 Å². The molecule has 1 fully saturated rings. The second kappa shape index (κ2) is 11.0. The van der Waals surface area contributed by atoms with Gasteiger partial charge < -0.3 is 19.3 Å². The van der Waals surface area contributed by atoms with Crippen LogP contribution in [0.25, 0.3) is 0 Å². The van der Waals surface area contributed by atoms with E-state index in [-0.39, 0.29) is 17.4 Å². The predicted octanol–water partition coefficient (Wildman–Crippen LogP) is 7.82. The second-order valence-electron chi connectivity index (χ2n) is 10.2. The lowest BCUT2D eigenvalue weighted by Crippen LogP contribution is -2.40. The number of carbonyl (C=O) groups is 1. The number of carboxylic acid groups (broad SMARTS) is 1. The van der Waals surface area contributed by atoms with E-state index in [1.54, 1.807) is 12.1 Å². The van der Waals surface area contributed by atoms with Gasteiger partial charge in [0.2, 0.25) is 0 Å². The number of hydrogen-bond donors (Lipinski definition) is 1. The molecule has 3 aromatic carbocycles. The first-order valence-corrected chi connectivity index (χ1v) is 12.7. The maximum absolute atomic E-state index is 11.3. The zero-order valence-corrected chi connectivity index (χ0v) is 22.5. The Morgan fingerprint density at radius 1 is 1.08 bits per heavy atom. The Morgan fingerprint density at radius 3 is 2.41 bits per heavy atom. The zero-order valence-electron chi connectivity index (χ0n) is 21.7. The number of carboxylic acids is 1. The molecule has 1 heterocycles.